The van der Waals surface area contributed by atoms with Crippen LogP contribution in [0.3, 0.4) is 0 Å². The molecule has 392 valence electrons. The summed E-state index contributed by atoms with van der Waals surface area (Å²) >= 11 is 0. The van der Waals surface area contributed by atoms with Crippen LogP contribution in [0.5, 0.6) is 0 Å². The number of nitrogens with two attached hydrogens (primary N) is 2. The Morgan fingerprint density at radius 3 is 1.58 bits per heavy atom. The molecular formula is C56H86N8O7. The van der Waals surface area contributed by atoms with E-state index in [9.17, 15) is 24.0 Å². The first-order chi connectivity index (χ1) is 34.5. The average Bonchev–Trinajstić information content (AvgIpc) is 3.35. The molecule has 71 heavy (non-hydrogen) atoms. The van der Waals surface area contributed by atoms with Crippen molar-refractivity contribution in [1.29, 1.82) is 0 Å². The van der Waals surface area contributed by atoms with Gasteiger partial charge in [0.15, 0.2) is 17.0 Å². The highest BCUT2D eigenvalue weighted by Gasteiger charge is 2.27. The van der Waals surface area contributed by atoms with E-state index in [-0.39, 0.29) is 48.7 Å². The van der Waals surface area contributed by atoms with Gasteiger partial charge in [-0.05, 0) is 94.9 Å². The third-order valence-corrected chi connectivity index (χ3v) is 12.4. The molecule has 0 bridgehead atoms. The summed E-state index contributed by atoms with van der Waals surface area (Å²) in [5.74, 6) is -3.62. The third-order valence-electron chi connectivity index (χ3n) is 12.4. The Balaban J connectivity index is 1.45. The number of carbonyl (C=O) groups is 5. The average molecular weight is 983 g/mol. The second kappa shape index (κ2) is 37.1. The summed E-state index contributed by atoms with van der Waals surface area (Å²) in [6.45, 7) is 4.81. The molecule has 1 atom stereocenters. The van der Waals surface area contributed by atoms with Crippen molar-refractivity contribution in [2.45, 2.75) is 219 Å². The number of amides is 1. The van der Waals surface area contributed by atoms with Crippen LogP contribution in [0.4, 0.5) is 17.5 Å². The molecule has 2 heterocycles. The smallest absolute Gasteiger partial charge is 0.336 e. The highest BCUT2D eigenvalue weighted by atomic mass is 16.6. The number of allylic oxidation sites excluding steroid dienone is 4. The largest absolute Gasteiger partial charge is 0.393 e. The molecule has 3 rings (SSSR count). The highest BCUT2D eigenvalue weighted by molar-refractivity contribution is 5.98. The summed E-state index contributed by atoms with van der Waals surface area (Å²) in [7, 11) is 1.84. The fourth-order valence-electron chi connectivity index (χ4n) is 8.16. The zero-order chi connectivity index (χ0) is 51.3. The number of hydrogen-bond donors (Lipinski definition) is 3. The molecule has 5 N–H and O–H groups in total. The minimum absolute atomic E-state index is 0.00703. The molecule has 0 fully saturated rings. The van der Waals surface area contributed by atoms with E-state index in [1.54, 1.807) is 30.5 Å². The lowest BCUT2D eigenvalue weighted by molar-refractivity contribution is -0.161. The molecule has 0 saturated heterocycles. The second-order valence-electron chi connectivity index (χ2n) is 18.8. The van der Waals surface area contributed by atoms with Crippen molar-refractivity contribution < 1.29 is 33.4 Å². The van der Waals surface area contributed by atoms with Gasteiger partial charge in [-0.15, -0.1) is 0 Å². The van der Waals surface area contributed by atoms with Gasteiger partial charge in [0, 0.05) is 37.6 Å². The van der Waals surface area contributed by atoms with Crippen molar-refractivity contribution in [1.82, 2.24) is 25.3 Å². The van der Waals surface area contributed by atoms with Crippen molar-refractivity contribution in [3.63, 3.8) is 0 Å². The zero-order valence-electron chi connectivity index (χ0n) is 43.4. The molecule has 0 radical (unpaired) electrons. The molecule has 0 spiro atoms. The number of nitrogens with zero attached hydrogens (tertiary/aromatic N) is 5. The quantitative estimate of drug-likeness (QED) is 0.0209. The maximum Gasteiger partial charge on any atom is 0.336 e. The van der Waals surface area contributed by atoms with Gasteiger partial charge in [-0.1, -0.05) is 141 Å². The molecule has 15 heteroatoms. The monoisotopic (exact) mass is 983 g/mol. The summed E-state index contributed by atoms with van der Waals surface area (Å²) in [5, 5.41) is 2.63. The van der Waals surface area contributed by atoms with Gasteiger partial charge in [-0.3, -0.25) is 19.2 Å². The third kappa shape index (κ3) is 26.9. The highest BCUT2D eigenvalue weighted by Crippen LogP contribution is 2.20. The minimum atomic E-state index is -1.35. The molecule has 0 aliphatic heterocycles. The van der Waals surface area contributed by atoms with E-state index in [2.05, 4.69) is 63.4 Å². The Kier molecular flexibility index (Phi) is 31.1. The summed E-state index contributed by atoms with van der Waals surface area (Å²) in [6, 6.07) is 5.28. The number of carbonyl (C=O) groups excluding carboxylic acids is 5. The molecular weight excluding hydrogens is 897 g/mol. The topological polar surface area (TPSA) is 223 Å². The van der Waals surface area contributed by atoms with Gasteiger partial charge in [0.05, 0.1) is 18.4 Å². The van der Waals surface area contributed by atoms with Crippen LogP contribution in [-0.2, 0) is 35.2 Å². The normalized spacial score (nSPS) is 11.9. The van der Waals surface area contributed by atoms with E-state index in [1.807, 2.05) is 11.9 Å². The van der Waals surface area contributed by atoms with Crippen LogP contribution in [-0.4, -0.2) is 62.8 Å². The number of nitrogens with one attached hydrogen (secondary N) is 1. The molecule has 1 aromatic carbocycles. The lowest BCUT2D eigenvalue weighted by atomic mass is 10.1. The van der Waals surface area contributed by atoms with Gasteiger partial charge < -0.3 is 31.2 Å². The summed E-state index contributed by atoms with van der Waals surface area (Å²) < 4.78 is 10.3. The molecule has 0 saturated carbocycles. The fraction of sp³-hybridized carbons (Fsp3) is 0.625. The molecule has 0 aliphatic carbocycles. The number of benzene rings is 1. The lowest BCUT2D eigenvalue weighted by Crippen LogP contribution is -2.43. The number of ether oxygens (including phenoxy) is 2. The number of anilines is 3. The summed E-state index contributed by atoms with van der Waals surface area (Å²) in [4.78, 5) is 83.8. The number of nitrogen functional groups attached to an aromatic ring is 2. The van der Waals surface area contributed by atoms with Gasteiger partial charge >= 0.3 is 23.9 Å². The Hall–Kier alpha value is -5.73. The van der Waals surface area contributed by atoms with Crippen LogP contribution in [0.2, 0.25) is 0 Å². The zero-order valence-corrected chi connectivity index (χ0v) is 43.4. The van der Waals surface area contributed by atoms with E-state index in [4.69, 9.17) is 20.9 Å². The molecule has 3 aromatic rings. The predicted octanol–water partition coefficient (Wildman–Crippen LogP) is 12.3. The molecule has 0 unspecified atom stereocenters. The molecule has 2 aromatic heterocycles. The lowest BCUT2D eigenvalue weighted by Gasteiger charge is -2.20. The number of esters is 4. The maximum absolute atomic E-state index is 13.5. The minimum Gasteiger partial charge on any atom is -0.393 e. The van der Waals surface area contributed by atoms with Crippen LogP contribution >= 0.6 is 0 Å². The van der Waals surface area contributed by atoms with E-state index in [0.717, 1.165) is 82.7 Å². The molecule has 1 amide bonds. The molecule has 15 nitrogen and oxygen atoms in total. The number of hydrogen-bond acceptors (Lipinski definition) is 14. The first kappa shape index (κ1) is 59.6. The second-order valence-corrected chi connectivity index (χ2v) is 18.8. The summed E-state index contributed by atoms with van der Waals surface area (Å²) in [6.07, 6.45) is 39.4. The number of aromatic nitrogens is 4. The number of fused-ring (bicyclic) bond motifs is 1. The maximum atomic E-state index is 13.5. The van der Waals surface area contributed by atoms with Gasteiger partial charge in [0.1, 0.15) is 6.04 Å². The van der Waals surface area contributed by atoms with Gasteiger partial charge in [-0.2, -0.15) is 9.97 Å². The number of unbranched alkanes of at least 4 members (excludes halogenated alkanes) is 22. The van der Waals surface area contributed by atoms with E-state index < -0.39 is 35.8 Å². The Bertz CT molecular complexity index is 2080. The van der Waals surface area contributed by atoms with Crippen LogP contribution in [0, 0.1) is 0 Å². The van der Waals surface area contributed by atoms with Crippen LogP contribution in [0.25, 0.3) is 11.2 Å². The van der Waals surface area contributed by atoms with E-state index in [1.165, 1.54) is 77.0 Å². The number of rotatable bonds is 39. The van der Waals surface area contributed by atoms with Gasteiger partial charge in [0.2, 0.25) is 5.95 Å². The fourth-order valence-corrected chi connectivity index (χ4v) is 8.16. The molecule has 0 aliphatic rings. The van der Waals surface area contributed by atoms with Crippen molar-refractivity contribution in [3.8, 4) is 0 Å². The van der Waals surface area contributed by atoms with E-state index >= 15 is 0 Å². The first-order valence-electron chi connectivity index (χ1n) is 26.9. The van der Waals surface area contributed by atoms with E-state index in [0.29, 0.717) is 30.6 Å². The standard InChI is InChI=1S/C56H86N8O7/c1-4-6-8-10-12-14-16-18-20-22-24-26-28-30-32-34-48(65)70-50(67)41-40-47(55(69)71-49(66)35-33-31-29-27-25-23-21-19-17-15-13-11-9-7-5-2)61-54(68)44-36-38-46(39-37-44)64(3)43-45-42-59-53-51(60-45)52(57)62-56(58)63-53/h18-21,36-39,42,47H,4-17,22-35,40-41,43H2,1-3H3,(H,61,68)(H4,57,58,59,62,63)/t47-/m1/s1. The van der Waals surface area contributed by atoms with Crippen LogP contribution in [0.15, 0.2) is 54.8 Å². The van der Waals surface area contributed by atoms with Crippen molar-refractivity contribution in [2.75, 3.05) is 23.4 Å². The Morgan fingerprint density at radius 2 is 1.06 bits per heavy atom. The van der Waals surface area contributed by atoms with Crippen molar-refractivity contribution in [3.05, 3.63) is 66.0 Å². The van der Waals surface area contributed by atoms with Crippen molar-refractivity contribution >= 4 is 58.4 Å². The van der Waals surface area contributed by atoms with Crippen LogP contribution < -0.4 is 21.7 Å². The van der Waals surface area contributed by atoms with Gasteiger partial charge in [-0.25, -0.2) is 14.8 Å². The van der Waals surface area contributed by atoms with Crippen LogP contribution in [0.1, 0.15) is 223 Å². The summed E-state index contributed by atoms with van der Waals surface area (Å²) in [5.41, 5.74) is 13.9. The predicted molar refractivity (Wildman–Crippen MR) is 284 cm³/mol. The van der Waals surface area contributed by atoms with Crippen molar-refractivity contribution in [2.24, 2.45) is 0 Å². The van der Waals surface area contributed by atoms with Gasteiger partial charge in [0.25, 0.3) is 5.91 Å². The Labute approximate surface area is 424 Å². The SMILES string of the molecule is CCCCCCCCC=CCCCCCCCC(=O)OC(=O)CC[C@@H](NC(=O)c1ccc(N(C)Cc2cnc3nc(N)nc(N)c3n2)cc1)C(=O)OC(=O)CCCCCCCC=CCCCCCCCC. The Morgan fingerprint density at radius 1 is 0.592 bits per heavy atom. The first-order valence-corrected chi connectivity index (χ1v) is 26.9.